The minimum absolute atomic E-state index is 0.0465. The van der Waals surface area contributed by atoms with Crippen LogP contribution in [0.4, 0.5) is 0 Å². The van der Waals surface area contributed by atoms with Crippen molar-refractivity contribution in [3.8, 4) is 11.1 Å². The van der Waals surface area contributed by atoms with Crippen LogP contribution in [0.3, 0.4) is 0 Å². The number of allylic oxidation sites excluding steroid dienone is 3. The Morgan fingerprint density at radius 3 is 2.42 bits per heavy atom. The van der Waals surface area contributed by atoms with Crippen LogP contribution in [0, 0.1) is 5.92 Å². The zero-order valence-corrected chi connectivity index (χ0v) is 22.8. The third kappa shape index (κ3) is 3.46. The summed E-state index contributed by atoms with van der Waals surface area (Å²) in [6.07, 6.45) is 9.73. The van der Waals surface area contributed by atoms with Gasteiger partial charge in [-0.15, -0.1) is 0 Å². The third-order valence-electron chi connectivity index (χ3n) is 9.02. The average molecular weight is 521 g/mol. The SMILES string of the molecule is CC1(C)c2ccccc2-c2cc3c4ccccc4n(C4=NC(c5ccccc5)NC(C5C=CC=CC5)N4)c3cc21. The van der Waals surface area contributed by atoms with Crippen LogP contribution in [0.2, 0.25) is 0 Å². The molecule has 4 aromatic carbocycles. The summed E-state index contributed by atoms with van der Waals surface area (Å²) in [5.41, 5.74) is 8.92. The molecule has 0 bridgehead atoms. The molecule has 0 spiro atoms. The van der Waals surface area contributed by atoms with E-state index >= 15 is 0 Å². The Balaban J connectivity index is 1.36. The highest BCUT2D eigenvalue weighted by molar-refractivity contribution is 6.15. The van der Waals surface area contributed by atoms with Crippen molar-refractivity contribution in [3.05, 3.63) is 132 Å². The number of para-hydroxylation sites is 1. The highest BCUT2D eigenvalue weighted by atomic mass is 15.4. The smallest absolute Gasteiger partial charge is 0.206 e. The van der Waals surface area contributed by atoms with Crippen LogP contribution in [0.15, 0.2) is 120 Å². The average Bonchev–Trinajstić information content (AvgIpc) is 3.45. The Bertz CT molecular complexity index is 1870. The minimum atomic E-state index is -0.145. The van der Waals surface area contributed by atoms with Crippen LogP contribution in [0.25, 0.3) is 32.9 Å². The molecular weight excluding hydrogens is 488 g/mol. The second-order valence-corrected chi connectivity index (χ2v) is 11.7. The topological polar surface area (TPSA) is 41.4 Å². The highest BCUT2D eigenvalue weighted by Gasteiger charge is 2.37. The Hall–Kier alpha value is -4.41. The molecule has 1 aromatic heterocycles. The summed E-state index contributed by atoms with van der Waals surface area (Å²) < 4.78 is 2.36. The molecule has 2 aliphatic carbocycles. The molecule has 3 atom stereocenters. The predicted octanol–water partition coefficient (Wildman–Crippen LogP) is 7.65. The first-order chi connectivity index (χ1) is 19.6. The van der Waals surface area contributed by atoms with Crippen molar-refractivity contribution in [2.24, 2.45) is 10.9 Å². The van der Waals surface area contributed by atoms with Gasteiger partial charge in [-0.3, -0.25) is 9.88 Å². The molecule has 1 aliphatic heterocycles. The van der Waals surface area contributed by atoms with Gasteiger partial charge in [-0.1, -0.05) is 111 Å². The number of hydrogen-bond acceptors (Lipinski definition) is 3. The molecule has 8 rings (SSSR count). The van der Waals surface area contributed by atoms with Gasteiger partial charge >= 0.3 is 0 Å². The van der Waals surface area contributed by atoms with Gasteiger partial charge in [0.25, 0.3) is 0 Å². The van der Waals surface area contributed by atoms with Crippen molar-refractivity contribution in [2.75, 3.05) is 0 Å². The summed E-state index contributed by atoms with van der Waals surface area (Å²) in [5.74, 6) is 1.22. The number of aliphatic imine (C=N–C) groups is 1. The van der Waals surface area contributed by atoms with E-state index in [2.05, 4.69) is 144 Å². The number of benzene rings is 4. The van der Waals surface area contributed by atoms with E-state index in [0.717, 1.165) is 12.4 Å². The quantitative estimate of drug-likeness (QED) is 0.251. The molecule has 3 unspecified atom stereocenters. The fourth-order valence-corrected chi connectivity index (χ4v) is 6.94. The first kappa shape index (κ1) is 23.5. The fourth-order valence-electron chi connectivity index (χ4n) is 6.94. The first-order valence-corrected chi connectivity index (χ1v) is 14.3. The Morgan fingerprint density at radius 1 is 0.775 bits per heavy atom. The number of hydrogen-bond donors (Lipinski definition) is 2. The Kier molecular flexibility index (Phi) is 5.17. The Morgan fingerprint density at radius 2 is 1.57 bits per heavy atom. The van der Waals surface area contributed by atoms with Crippen molar-refractivity contribution in [3.63, 3.8) is 0 Å². The lowest BCUT2D eigenvalue weighted by Gasteiger charge is -2.36. The van der Waals surface area contributed by atoms with Gasteiger partial charge in [0, 0.05) is 22.1 Å². The van der Waals surface area contributed by atoms with Gasteiger partial charge in [0.1, 0.15) is 6.17 Å². The van der Waals surface area contributed by atoms with Gasteiger partial charge in [0.2, 0.25) is 5.96 Å². The second kappa shape index (κ2) is 8.80. The van der Waals surface area contributed by atoms with Crippen molar-refractivity contribution >= 4 is 27.8 Å². The van der Waals surface area contributed by atoms with Crippen LogP contribution >= 0.6 is 0 Å². The van der Waals surface area contributed by atoms with E-state index in [9.17, 15) is 0 Å². The van der Waals surface area contributed by atoms with E-state index in [4.69, 9.17) is 4.99 Å². The number of rotatable bonds is 2. The molecule has 196 valence electrons. The van der Waals surface area contributed by atoms with Gasteiger partial charge in [-0.05, 0) is 52.4 Å². The van der Waals surface area contributed by atoms with Crippen molar-refractivity contribution in [1.82, 2.24) is 15.2 Å². The van der Waals surface area contributed by atoms with Crippen molar-refractivity contribution in [1.29, 1.82) is 0 Å². The number of nitrogens with zero attached hydrogens (tertiary/aromatic N) is 2. The van der Waals surface area contributed by atoms with E-state index in [1.807, 2.05) is 0 Å². The zero-order valence-electron chi connectivity index (χ0n) is 22.8. The van der Waals surface area contributed by atoms with E-state index in [1.165, 1.54) is 49.6 Å². The summed E-state index contributed by atoms with van der Waals surface area (Å²) in [4.78, 5) is 5.32. The number of aromatic nitrogens is 1. The summed E-state index contributed by atoms with van der Waals surface area (Å²) in [7, 11) is 0. The van der Waals surface area contributed by atoms with E-state index in [0.29, 0.717) is 5.92 Å². The lowest BCUT2D eigenvalue weighted by Crippen LogP contribution is -2.56. The zero-order chi connectivity index (χ0) is 26.8. The molecule has 0 saturated carbocycles. The third-order valence-corrected chi connectivity index (χ3v) is 9.02. The second-order valence-electron chi connectivity index (χ2n) is 11.7. The molecule has 4 heteroatoms. The molecule has 40 heavy (non-hydrogen) atoms. The van der Waals surface area contributed by atoms with Crippen molar-refractivity contribution in [2.45, 2.75) is 38.0 Å². The molecule has 4 nitrogen and oxygen atoms in total. The first-order valence-electron chi connectivity index (χ1n) is 14.3. The van der Waals surface area contributed by atoms with Crippen LogP contribution in [-0.2, 0) is 5.41 Å². The summed E-state index contributed by atoms with van der Waals surface area (Å²) in [6, 6.07) is 33.0. The lowest BCUT2D eigenvalue weighted by atomic mass is 9.82. The molecule has 0 amide bonds. The largest absolute Gasteiger partial charge is 0.340 e. The van der Waals surface area contributed by atoms with Crippen molar-refractivity contribution < 1.29 is 0 Å². The molecule has 0 fully saturated rings. The van der Waals surface area contributed by atoms with Gasteiger partial charge in [0.05, 0.1) is 17.2 Å². The van der Waals surface area contributed by atoms with Crippen LogP contribution in [-0.4, -0.2) is 16.7 Å². The van der Waals surface area contributed by atoms with E-state index < -0.39 is 0 Å². The normalized spacial score (nSPS) is 22.6. The van der Waals surface area contributed by atoms with Gasteiger partial charge < -0.3 is 5.32 Å². The maximum Gasteiger partial charge on any atom is 0.206 e. The molecule has 2 N–H and O–H groups in total. The standard InChI is InChI=1S/C36H32N4/c1-36(2)29-19-11-9-17-25(29)27-21-28-26-18-10-12-20-31(26)40(32(28)22-30(27)36)35-38-33(23-13-5-3-6-14-23)37-34(39-35)24-15-7-4-8-16-24/h3-15,17-22,24,33-34,37H,16H2,1-2H3,(H,38,39). The predicted molar refractivity (Wildman–Crippen MR) is 165 cm³/mol. The molecular formula is C36H32N4. The molecule has 5 aromatic rings. The maximum atomic E-state index is 5.32. The molecule has 0 saturated heterocycles. The highest BCUT2D eigenvalue weighted by Crippen LogP contribution is 2.50. The number of fused-ring (bicyclic) bond motifs is 6. The summed E-state index contributed by atoms with van der Waals surface area (Å²) in [6.45, 7) is 4.70. The van der Waals surface area contributed by atoms with Gasteiger partial charge in [-0.2, -0.15) is 0 Å². The van der Waals surface area contributed by atoms with Crippen LogP contribution in [0.1, 0.15) is 43.1 Å². The summed E-state index contributed by atoms with van der Waals surface area (Å²) in [5, 5.41) is 10.1. The monoisotopic (exact) mass is 520 g/mol. The minimum Gasteiger partial charge on any atom is -0.340 e. The Labute approximate surface area is 234 Å². The summed E-state index contributed by atoms with van der Waals surface area (Å²) >= 11 is 0. The fraction of sp³-hybridized carbons (Fsp3) is 0.194. The maximum absolute atomic E-state index is 5.32. The number of nitrogens with one attached hydrogen (secondary N) is 2. The van der Waals surface area contributed by atoms with Crippen LogP contribution in [0.5, 0.6) is 0 Å². The molecule has 0 radical (unpaired) electrons. The molecule has 2 heterocycles. The van der Waals surface area contributed by atoms with Gasteiger partial charge in [0.15, 0.2) is 0 Å². The molecule has 3 aliphatic rings. The van der Waals surface area contributed by atoms with E-state index in [1.54, 1.807) is 0 Å². The van der Waals surface area contributed by atoms with E-state index in [-0.39, 0.29) is 17.7 Å². The van der Waals surface area contributed by atoms with Gasteiger partial charge in [-0.25, -0.2) is 4.99 Å². The lowest BCUT2D eigenvalue weighted by molar-refractivity contribution is 0.324. The van der Waals surface area contributed by atoms with Crippen LogP contribution < -0.4 is 10.6 Å².